The minimum atomic E-state index is -10.7. The first-order valence-electron chi connectivity index (χ1n) is 26.6. The Morgan fingerprint density at radius 1 is 0.394 bits per heavy atom. The van der Waals surface area contributed by atoms with Crippen molar-refractivity contribution in [3.63, 3.8) is 0 Å². The third-order valence-electron chi connectivity index (χ3n) is 8.51. The number of ketones is 2. The number of hydrogen-bond acceptors (Lipinski definition) is 15. The largest absolute Gasteiger partial charge is 3.00 e. The van der Waals surface area contributed by atoms with Gasteiger partial charge in [-0.05, 0) is 162 Å². The van der Waals surface area contributed by atoms with Crippen LogP contribution >= 0.6 is 23.4 Å². The van der Waals surface area contributed by atoms with E-state index >= 15 is 0 Å². The second kappa shape index (κ2) is 40.3. The van der Waals surface area contributed by atoms with Gasteiger partial charge in [-0.2, -0.15) is 0 Å². The Labute approximate surface area is 579 Å². The first-order chi connectivity index (χ1) is 44.3. The molecular formula is C60H58F18N10O6P3Ru2. The maximum atomic E-state index is 12.3. The predicted octanol–water partition coefficient (Wildman–Crippen LogP) is 20.5. The van der Waals surface area contributed by atoms with Crippen LogP contribution in [0.25, 0.3) is 56.7 Å². The number of carbonyl (C=O) groups is 4. The predicted molar refractivity (Wildman–Crippen MR) is 333 cm³/mol. The van der Waals surface area contributed by atoms with E-state index in [1.807, 2.05) is 158 Å². The molecule has 1 radical (unpaired) electrons. The molecule has 1 aromatic carbocycles. The summed E-state index contributed by atoms with van der Waals surface area (Å²) in [6, 6.07) is 52.9. The Morgan fingerprint density at radius 2 is 0.657 bits per heavy atom. The van der Waals surface area contributed by atoms with E-state index in [1.54, 1.807) is 81.0 Å². The van der Waals surface area contributed by atoms with Gasteiger partial charge in [-0.3, -0.25) is 29.9 Å². The molecule has 0 saturated heterocycles. The van der Waals surface area contributed by atoms with Crippen molar-refractivity contribution < 1.29 is 144 Å². The van der Waals surface area contributed by atoms with Crippen LogP contribution in [0, 0.1) is 0 Å². The maximum Gasteiger partial charge on any atom is 3.00 e. The maximum absolute atomic E-state index is 12.3. The molecule has 0 saturated carbocycles. The first kappa shape index (κ1) is 94.4. The van der Waals surface area contributed by atoms with Crippen LogP contribution in [0.15, 0.2) is 232 Å². The summed E-state index contributed by atoms with van der Waals surface area (Å²) in [4.78, 5) is 73.8. The zero-order valence-corrected chi connectivity index (χ0v) is 58.1. The summed E-state index contributed by atoms with van der Waals surface area (Å²) in [5.74, 6) is -1.12. The van der Waals surface area contributed by atoms with E-state index in [0.717, 1.165) is 40.8 Å². The molecular weight excluding hydrogens is 1590 g/mol. The fourth-order valence-electron chi connectivity index (χ4n) is 5.63. The molecule has 0 N–H and O–H groups in total. The number of benzene rings is 1. The Kier molecular flexibility index (Phi) is 38.4. The van der Waals surface area contributed by atoms with Crippen molar-refractivity contribution in [3.05, 3.63) is 237 Å². The zero-order valence-electron chi connectivity index (χ0n) is 51.9. The van der Waals surface area contributed by atoms with Crippen LogP contribution in [0.4, 0.5) is 75.5 Å². The summed E-state index contributed by atoms with van der Waals surface area (Å²) in [6.45, 7) is 9.17. The van der Waals surface area contributed by atoms with Crippen molar-refractivity contribution in [2.75, 3.05) is 6.61 Å². The molecule has 0 spiro atoms. The van der Waals surface area contributed by atoms with Gasteiger partial charge in [-0.1, -0.05) is 66.4 Å². The molecule has 0 bridgehead atoms. The molecule has 10 aromatic rings. The Bertz CT molecular complexity index is 3440. The number of rotatable bonds is 7. The van der Waals surface area contributed by atoms with E-state index in [4.69, 9.17) is 24.6 Å². The zero-order chi connectivity index (χ0) is 74.2. The molecule has 9 aromatic heterocycles. The second-order valence-electron chi connectivity index (χ2n) is 18.1. The van der Waals surface area contributed by atoms with Gasteiger partial charge in [0.05, 0.1) is 52.0 Å². The van der Waals surface area contributed by atoms with Crippen LogP contribution in [0.5, 0.6) is 0 Å². The average Bonchev–Trinajstić information content (AvgIpc) is 1.78. The summed E-state index contributed by atoms with van der Waals surface area (Å²) in [5, 5.41) is 18.1. The number of pyridine rings is 8. The van der Waals surface area contributed by atoms with Crippen LogP contribution in [-0.2, 0) is 58.1 Å². The first-order valence-corrected chi connectivity index (χ1v) is 32.6. The Hall–Kier alpha value is -8.81. The van der Waals surface area contributed by atoms with Gasteiger partial charge >= 0.3 is 144 Å². The minimum absolute atomic E-state index is 0. The van der Waals surface area contributed by atoms with E-state index in [0.29, 0.717) is 34.9 Å². The van der Waals surface area contributed by atoms with Crippen LogP contribution in [0.3, 0.4) is 0 Å². The fourth-order valence-corrected chi connectivity index (χ4v) is 5.63. The van der Waals surface area contributed by atoms with Crippen molar-refractivity contribution in [2.24, 2.45) is 0 Å². The fraction of sp³-hybridized carbons (Fsp3) is 0.117. The number of carboxylic acid groups (broad SMARTS) is 1. The van der Waals surface area contributed by atoms with Gasteiger partial charge in [0.15, 0.2) is 0 Å². The molecule has 0 aliphatic rings. The monoisotopic (exact) mass is 1650 g/mol. The minimum Gasteiger partial charge on any atom is -0.265 e. The smallest absolute Gasteiger partial charge is 0.265 e. The number of esters is 1. The number of ether oxygens (including phenoxy) is 1. The van der Waals surface area contributed by atoms with Crippen LogP contribution in [0.2, 0.25) is 0 Å². The molecule has 10 rings (SSSR count). The Balaban J connectivity index is -0.00000126. The summed E-state index contributed by atoms with van der Waals surface area (Å²) < 4.78 is 183. The van der Waals surface area contributed by atoms with Gasteiger partial charge in [-0.25, -0.2) is 14.8 Å². The molecule has 39 heteroatoms. The number of aromatic nitrogens is 10. The summed E-state index contributed by atoms with van der Waals surface area (Å²) >= 11 is 0. The van der Waals surface area contributed by atoms with Crippen molar-refractivity contribution in [2.45, 2.75) is 41.5 Å². The van der Waals surface area contributed by atoms with E-state index in [1.165, 1.54) is 27.7 Å². The molecule has 0 unspecified atom stereocenters. The molecule has 0 amide bonds. The Morgan fingerprint density at radius 3 is 0.909 bits per heavy atom. The normalized spacial score (nSPS) is 12.0. The molecule has 0 aliphatic carbocycles. The standard InChI is InChI=1S/C32H24N6O2.4C5H5N.2C3H6O.C2H4O2.3F6P.2Ru/c1-2-40-32(39)22-17-15-21(16-18-22)29-30(27-13-7-11-25(35-27)23-9-3-5-19-33-23)37-38-31(29)28-14-8-12-26(36-28)24-10-4-6-20-34-24;4*1-2-4-6-5-3-1;2*1-3(2)4;1-2(3)4;3*1-7(2,3,4,5)6;;/h3-20H,2H2,1H3,(H,35,36,37,38,39);4*1-5H;2*1-2H3;1H3,(H,3,4);;;;;/q;;;;;;;;3*-1;+2;+3/p-2. The van der Waals surface area contributed by atoms with E-state index < -0.39 is 29.4 Å². The van der Waals surface area contributed by atoms with Crippen LogP contribution in [0.1, 0.15) is 51.9 Å². The molecule has 0 atom stereocenters. The number of nitrogens with zero attached hydrogens (tertiary/aromatic N) is 10. The van der Waals surface area contributed by atoms with Gasteiger partial charge in [0, 0.05) is 67.9 Å². The molecule has 541 valence electrons. The van der Waals surface area contributed by atoms with Crippen LogP contribution in [-0.4, -0.2) is 75.1 Å². The van der Waals surface area contributed by atoms with Gasteiger partial charge in [0.1, 0.15) is 11.6 Å². The van der Waals surface area contributed by atoms with Crippen LogP contribution < -0.4 is 10.2 Å². The van der Waals surface area contributed by atoms with Gasteiger partial charge < -0.3 is 34.4 Å². The van der Waals surface area contributed by atoms with Gasteiger partial charge in [-0.15, -0.1) is 0 Å². The van der Waals surface area contributed by atoms with Gasteiger partial charge in [0.2, 0.25) is 0 Å². The third-order valence-corrected chi connectivity index (χ3v) is 8.51. The summed E-state index contributed by atoms with van der Waals surface area (Å²) in [7, 11) is -32.0. The topological polar surface area (TPSA) is 231 Å². The van der Waals surface area contributed by atoms with Crippen molar-refractivity contribution in [1.82, 2.24) is 50.1 Å². The third kappa shape index (κ3) is 66.2. The number of Topliss-reactive ketones (excluding diaryl/α,β-unsaturated/α-hetero) is 2. The molecule has 16 nitrogen and oxygen atoms in total. The van der Waals surface area contributed by atoms with Gasteiger partial charge in [0.25, 0.3) is 0 Å². The van der Waals surface area contributed by atoms with E-state index in [9.17, 15) is 89.9 Å². The average molecular weight is 1650 g/mol. The number of aliphatic carboxylic acids is 1. The number of hydrogen-bond donors (Lipinski definition) is 0. The number of halogens is 18. The SMILES string of the molecule is CC(=O)[O-].CC(C)=O.CC(C)=O.CCOC(=O)c1ccc(-c2c(-c3cccc(-c4ccccn4)n3)n[n-]c2-c2cccc(-c3ccccn3)n2)cc1.F[P-](F)(F)(F)(F)F.F[P-](F)(F)(F)(F)F.F[P-](F)(F)(F)(F)F.[Ru+2].[Ru+3].c1ccncc1.c1ccncc1.c1ccncc1.c1ccncc1. The number of carbonyl (C=O) groups excluding carboxylic acids is 4. The van der Waals surface area contributed by atoms with Crippen molar-refractivity contribution >= 4 is 46.9 Å². The number of carboxylic acids is 1. The second-order valence-corrected chi connectivity index (χ2v) is 23.8. The summed E-state index contributed by atoms with van der Waals surface area (Å²) in [5.41, 5.74) is 7.49. The quantitative estimate of drug-likeness (QED) is 0.0625. The van der Waals surface area contributed by atoms with E-state index in [2.05, 4.69) is 40.1 Å². The molecule has 99 heavy (non-hydrogen) atoms. The molecule has 0 aliphatic heterocycles. The van der Waals surface area contributed by atoms with Crippen molar-refractivity contribution in [3.8, 4) is 56.7 Å². The van der Waals surface area contributed by atoms with Crippen molar-refractivity contribution in [1.29, 1.82) is 0 Å². The summed E-state index contributed by atoms with van der Waals surface area (Å²) in [6.07, 6.45) is 17.5. The molecule has 0 fully saturated rings. The van der Waals surface area contributed by atoms with E-state index in [-0.39, 0.29) is 56.5 Å². The molecule has 9 heterocycles.